The lowest BCUT2D eigenvalue weighted by Crippen LogP contribution is -2.09. The fourth-order valence-corrected chi connectivity index (χ4v) is 1.92. The Morgan fingerprint density at radius 3 is 2.67 bits per heavy atom. The van der Waals surface area contributed by atoms with Crippen LogP contribution in [0, 0.1) is 23.0 Å². The number of rotatable bonds is 4. The number of halogens is 2. The minimum Gasteiger partial charge on any atom is -0.488 e. The third-order valence-corrected chi connectivity index (χ3v) is 3.02. The Morgan fingerprint density at radius 2 is 2.00 bits per heavy atom. The fourth-order valence-electron chi connectivity index (χ4n) is 1.92. The maximum absolute atomic E-state index is 13.7. The zero-order chi connectivity index (χ0) is 15.4. The van der Waals surface area contributed by atoms with E-state index in [1.54, 1.807) is 6.92 Å². The summed E-state index contributed by atoms with van der Waals surface area (Å²) in [5, 5.41) is 8.81. The normalized spacial score (nSPS) is 11.8. The van der Waals surface area contributed by atoms with E-state index in [0.29, 0.717) is 16.9 Å². The van der Waals surface area contributed by atoms with E-state index in [1.165, 1.54) is 36.4 Å². The number of hydrogen-bond donors (Lipinski definition) is 1. The van der Waals surface area contributed by atoms with Crippen LogP contribution in [0.25, 0.3) is 0 Å². The van der Waals surface area contributed by atoms with Gasteiger partial charge in [0.05, 0.1) is 11.6 Å². The Morgan fingerprint density at radius 1 is 1.24 bits per heavy atom. The molecule has 0 aliphatic rings. The average Bonchev–Trinajstić information content (AvgIpc) is 2.47. The second-order valence-corrected chi connectivity index (χ2v) is 4.68. The number of benzene rings is 2. The topological polar surface area (TPSA) is 59.0 Å². The molecule has 0 saturated heterocycles. The summed E-state index contributed by atoms with van der Waals surface area (Å²) in [5.74, 6) is -0.473. The van der Waals surface area contributed by atoms with Crippen molar-refractivity contribution in [1.82, 2.24) is 0 Å². The van der Waals surface area contributed by atoms with Crippen molar-refractivity contribution in [2.75, 3.05) is 0 Å². The molecule has 0 aliphatic carbocycles. The van der Waals surface area contributed by atoms with E-state index in [0.717, 1.165) is 0 Å². The van der Waals surface area contributed by atoms with Crippen LogP contribution in [0.1, 0.15) is 29.7 Å². The van der Waals surface area contributed by atoms with Crippen molar-refractivity contribution in [1.29, 1.82) is 5.26 Å². The highest BCUT2D eigenvalue weighted by Gasteiger charge is 2.11. The number of hydrogen-bond acceptors (Lipinski definition) is 3. The molecule has 5 heteroatoms. The maximum Gasteiger partial charge on any atom is 0.129 e. The van der Waals surface area contributed by atoms with Crippen LogP contribution in [0.5, 0.6) is 5.75 Å². The third-order valence-electron chi connectivity index (χ3n) is 3.02. The molecule has 0 saturated carbocycles. The largest absolute Gasteiger partial charge is 0.488 e. The van der Waals surface area contributed by atoms with Crippen molar-refractivity contribution < 1.29 is 13.5 Å². The predicted octanol–water partition coefficient (Wildman–Crippen LogP) is 3.44. The minimum absolute atomic E-state index is 0.0628. The molecule has 108 valence electrons. The van der Waals surface area contributed by atoms with Crippen molar-refractivity contribution in [3.05, 3.63) is 64.7 Å². The second kappa shape index (κ2) is 6.33. The zero-order valence-electron chi connectivity index (χ0n) is 11.4. The quantitative estimate of drug-likeness (QED) is 0.937. The standard InChI is InChI=1S/C16H14F2N2O/c1-10(20)14-7-13(17)3-5-16(14)21-9-12-6-11(8-19)2-4-15(12)18/h2-7,10H,9,20H2,1H3/t10-/m1/s1. The SMILES string of the molecule is C[C@@H](N)c1cc(F)ccc1OCc1cc(C#N)ccc1F. The van der Waals surface area contributed by atoms with Gasteiger partial charge in [-0.1, -0.05) is 0 Å². The van der Waals surface area contributed by atoms with Gasteiger partial charge in [-0.05, 0) is 43.3 Å². The first kappa shape index (κ1) is 14.9. The molecular weight excluding hydrogens is 274 g/mol. The van der Waals surface area contributed by atoms with Crippen molar-refractivity contribution in [2.24, 2.45) is 5.73 Å². The Kier molecular flexibility index (Phi) is 4.51. The van der Waals surface area contributed by atoms with Crippen molar-refractivity contribution >= 4 is 0 Å². The van der Waals surface area contributed by atoms with Gasteiger partial charge in [-0.25, -0.2) is 8.78 Å². The van der Waals surface area contributed by atoms with Gasteiger partial charge in [0.15, 0.2) is 0 Å². The van der Waals surface area contributed by atoms with Crippen LogP contribution in [-0.4, -0.2) is 0 Å². The molecule has 0 bridgehead atoms. The Labute approximate surface area is 121 Å². The molecule has 2 aromatic carbocycles. The highest BCUT2D eigenvalue weighted by molar-refractivity contribution is 5.37. The van der Waals surface area contributed by atoms with Gasteiger partial charge in [0.2, 0.25) is 0 Å². The summed E-state index contributed by atoms with van der Waals surface area (Å²) < 4.78 is 32.4. The third kappa shape index (κ3) is 3.56. The first-order valence-corrected chi connectivity index (χ1v) is 6.37. The summed E-state index contributed by atoms with van der Waals surface area (Å²) in [6.45, 7) is 1.64. The van der Waals surface area contributed by atoms with Gasteiger partial charge in [0, 0.05) is 17.2 Å². The van der Waals surface area contributed by atoms with E-state index in [-0.39, 0.29) is 12.2 Å². The van der Waals surface area contributed by atoms with E-state index in [4.69, 9.17) is 15.7 Å². The number of ether oxygens (including phenoxy) is 1. The Balaban J connectivity index is 2.23. The zero-order valence-corrected chi connectivity index (χ0v) is 11.4. The molecule has 0 unspecified atom stereocenters. The van der Waals surface area contributed by atoms with Gasteiger partial charge >= 0.3 is 0 Å². The van der Waals surface area contributed by atoms with E-state index in [9.17, 15) is 8.78 Å². The molecule has 2 N–H and O–H groups in total. The molecule has 0 heterocycles. The molecule has 2 aromatic rings. The summed E-state index contributed by atoms with van der Waals surface area (Å²) in [6.07, 6.45) is 0. The van der Waals surface area contributed by atoms with Gasteiger partial charge in [-0.3, -0.25) is 0 Å². The minimum atomic E-state index is -0.460. The molecule has 1 atom stereocenters. The van der Waals surface area contributed by atoms with Crippen LogP contribution in [0.15, 0.2) is 36.4 Å². The molecule has 0 amide bonds. The van der Waals surface area contributed by atoms with E-state index < -0.39 is 17.7 Å². The highest BCUT2D eigenvalue weighted by atomic mass is 19.1. The number of nitriles is 1. The van der Waals surface area contributed by atoms with Crippen molar-refractivity contribution in [3.8, 4) is 11.8 Å². The Hall–Kier alpha value is -2.45. The van der Waals surface area contributed by atoms with Gasteiger partial charge in [-0.2, -0.15) is 5.26 Å². The van der Waals surface area contributed by atoms with Gasteiger partial charge in [0.25, 0.3) is 0 Å². The van der Waals surface area contributed by atoms with Gasteiger partial charge in [0.1, 0.15) is 24.0 Å². The lowest BCUT2D eigenvalue weighted by atomic mass is 10.1. The van der Waals surface area contributed by atoms with Crippen molar-refractivity contribution in [3.63, 3.8) is 0 Å². The van der Waals surface area contributed by atoms with Crippen LogP contribution in [0.2, 0.25) is 0 Å². The van der Waals surface area contributed by atoms with E-state index in [1.807, 2.05) is 6.07 Å². The predicted molar refractivity (Wildman–Crippen MR) is 74.4 cm³/mol. The van der Waals surface area contributed by atoms with Crippen LogP contribution in [-0.2, 0) is 6.61 Å². The number of nitrogens with two attached hydrogens (primary N) is 1. The number of nitrogens with zero attached hydrogens (tertiary/aromatic N) is 1. The molecule has 0 spiro atoms. The first-order valence-electron chi connectivity index (χ1n) is 6.37. The summed E-state index contributed by atoms with van der Waals surface area (Å²) in [7, 11) is 0. The molecule has 0 aromatic heterocycles. The van der Waals surface area contributed by atoms with E-state index in [2.05, 4.69) is 0 Å². The smallest absolute Gasteiger partial charge is 0.129 e. The summed E-state index contributed by atoms with van der Waals surface area (Å²) >= 11 is 0. The summed E-state index contributed by atoms with van der Waals surface area (Å²) in [4.78, 5) is 0. The van der Waals surface area contributed by atoms with Crippen molar-refractivity contribution in [2.45, 2.75) is 19.6 Å². The maximum atomic E-state index is 13.7. The molecule has 21 heavy (non-hydrogen) atoms. The van der Waals surface area contributed by atoms with Crippen LogP contribution in [0.4, 0.5) is 8.78 Å². The lowest BCUT2D eigenvalue weighted by Gasteiger charge is -2.14. The average molecular weight is 288 g/mol. The van der Waals surface area contributed by atoms with Gasteiger partial charge < -0.3 is 10.5 Å². The molecule has 0 radical (unpaired) electrons. The first-order chi connectivity index (χ1) is 10.0. The second-order valence-electron chi connectivity index (χ2n) is 4.68. The van der Waals surface area contributed by atoms with Crippen LogP contribution < -0.4 is 10.5 Å². The Bertz CT molecular complexity index is 693. The molecular formula is C16H14F2N2O. The van der Waals surface area contributed by atoms with Crippen LogP contribution in [0.3, 0.4) is 0 Å². The summed E-state index contributed by atoms with van der Waals surface area (Å²) in [5.41, 5.74) is 6.88. The monoisotopic (exact) mass is 288 g/mol. The molecule has 3 nitrogen and oxygen atoms in total. The van der Waals surface area contributed by atoms with E-state index >= 15 is 0 Å². The molecule has 0 aliphatic heterocycles. The fraction of sp³-hybridized carbons (Fsp3) is 0.188. The lowest BCUT2D eigenvalue weighted by molar-refractivity contribution is 0.295. The molecule has 2 rings (SSSR count). The highest BCUT2D eigenvalue weighted by Crippen LogP contribution is 2.26. The molecule has 0 fully saturated rings. The van der Waals surface area contributed by atoms with Gasteiger partial charge in [-0.15, -0.1) is 0 Å². The summed E-state index contributed by atoms with van der Waals surface area (Å²) in [6, 6.07) is 9.56. The van der Waals surface area contributed by atoms with Crippen LogP contribution >= 0.6 is 0 Å².